The van der Waals surface area contributed by atoms with E-state index in [0.717, 1.165) is 24.2 Å². The molecule has 2 aromatic rings. The molecule has 1 unspecified atom stereocenters. The Morgan fingerprint density at radius 2 is 2.14 bits per heavy atom. The highest BCUT2D eigenvalue weighted by molar-refractivity contribution is 5.93. The van der Waals surface area contributed by atoms with E-state index in [0.29, 0.717) is 23.6 Å². The number of imidazole rings is 1. The molecule has 1 atom stereocenters. The summed E-state index contributed by atoms with van der Waals surface area (Å²) in [6, 6.07) is 5.35. The van der Waals surface area contributed by atoms with Gasteiger partial charge in [0, 0.05) is 29.8 Å². The molecule has 0 radical (unpaired) electrons. The van der Waals surface area contributed by atoms with Crippen LogP contribution in [0, 0.1) is 5.92 Å². The first-order valence-electron chi connectivity index (χ1n) is 7.25. The number of carbonyl (C=O) groups is 1. The van der Waals surface area contributed by atoms with E-state index in [-0.39, 0.29) is 11.8 Å². The van der Waals surface area contributed by atoms with Crippen molar-refractivity contribution in [2.45, 2.75) is 19.3 Å². The van der Waals surface area contributed by atoms with Gasteiger partial charge in [0.1, 0.15) is 0 Å². The number of H-pyrrole nitrogens is 1. The van der Waals surface area contributed by atoms with E-state index in [1.807, 2.05) is 6.07 Å². The second-order valence-electron chi connectivity index (χ2n) is 5.33. The zero-order valence-electron chi connectivity index (χ0n) is 12.7. The fourth-order valence-electron chi connectivity index (χ4n) is 2.78. The lowest BCUT2D eigenvalue weighted by molar-refractivity contribution is -0.120. The van der Waals surface area contributed by atoms with Crippen molar-refractivity contribution in [3.63, 3.8) is 0 Å². The number of rotatable bonds is 4. The van der Waals surface area contributed by atoms with Crippen LogP contribution in [0.5, 0.6) is 11.5 Å². The molecule has 116 valence electrons. The van der Waals surface area contributed by atoms with Crippen molar-refractivity contribution >= 4 is 11.6 Å². The molecule has 1 heterocycles. The number of anilines is 1. The van der Waals surface area contributed by atoms with Gasteiger partial charge >= 0.3 is 0 Å². The molecule has 1 aliphatic rings. The fraction of sp³-hybridized carbons (Fsp3) is 0.375. The van der Waals surface area contributed by atoms with Crippen LogP contribution in [0.3, 0.4) is 0 Å². The minimum absolute atomic E-state index is 0.0208. The summed E-state index contributed by atoms with van der Waals surface area (Å²) in [6.45, 7) is 0. The quantitative estimate of drug-likeness (QED) is 0.907. The molecule has 0 bridgehead atoms. The van der Waals surface area contributed by atoms with Crippen LogP contribution in [-0.2, 0) is 17.6 Å². The first-order chi connectivity index (χ1) is 10.7. The molecular weight excluding hydrogens is 282 g/mol. The number of aromatic amines is 1. The highest BCUT2D eigenvalue weighted by Crippen LogP contribution is 2.30. The number of nitrogens with zero attached hydrogens (tertiary/aromatic N) is 1. The lowest BCUT2D eigenvalue weighted by Crippen LogP contribution is -2.28. The van der Waals surface area contributed by atoms with Crippen LogP contribution in [0.4, 0.5) is 5.69 Å². The van der Waals surface area contributed by atoms with E-state index in [9.17, 15) is 4.79 Å². The number of ether oxygens (including phenoxy) is 2. The SMILES string of the molecule is COc1ccc(NC(=O)C2CCc3nc[nH]c3C2)cc1OC. The summed E-state index contributed by atoms with van der Waals surface area (Å²) in [6.07, 6.45) is 4.05. The van der Waals surface area contributed by atoms with E-state index in [2.05, 4.69) is 15.3 Å². The van der Waals surface area contributed by atoms with Crippen molar-refractivity contribution in [1.29, 1.82) is 0 Å². The van der Waals surface area contributed by atoms with Crippen LogP contribution in [0.2, 0.25) is 0 Å². The smallest absolute Gasteiger partial charge is 0.227 e. The number of methoxy groups -OCH3 is 2. The first kappa shape index (κ1) is 14.4. The Morgan fingerprint density at radius 3 is 2.91 bits per heavy atom. The Kier molecular flexibility index (Phi) is 4.00. The predicted octanol–water partition coefficient (Wildman–Crippen LogP) is 2.17. The second-order valence-corrected chi connectivity index (χ2v) is 5.33. The Bertz CT molecular complexity index is 681. The van der Waals surface area contributed by atoms with Crippen LogP contribution >= 0.6 is 0 Å². The maximum absolute atomic E-state index is 12.4. The van der Waals surface area contributed by atoms with Gasteiger partial charge in [-0.15, -0.1) is 0 Å². The van der Waals surface area contributed by atoms with E-state index in [1.54, 1.807) is 32.7 Å². The summed E-state index contributed by atoms with van der Waals surface area (Å²) in [5.74, 6) is 1.22. The van der Waals surface area contributed by atoms with Gasteiger partial charge in [-0.1, -0.05) is 0 Å². The predicted molar refractivity (Wildman–Crippen MR) is 82.3 cm³/mol. The van der Waals surface area contributed by atoms with Crippen LogP contribution in [0.25, 0.3) is 0 Å². The third kappa shape index (κ3) is 2.77. The number of amides is 1. The Hall–Kier alpha value is -2.50. The van der Waals surface area contributed by atoms with Crippen molar-refractivity contribution in [3.8, 4) is 11.5 Å². The molecule has 3 rings (SSSR count). The number of aryl methyl sites for hydroxylation is 1. The lowest BCUT2D eigenvalue weighted by Gasteiger charge is -2.21. The van der Waals surface area contributed by atoms with E-state index >= 15 is 0 Å². The highest BCUT2D eigenvalue weighted by Gasteiger charge is 2.26. The standard InChI is InChI=1S/C16H19N3O3/c1-21-14-6-4-11(8-15(14)22-2)19-16(20)10-3-5-12-13(7-10)18-9-17-12/h4,6,8-10H,3,5,7H2,1-2H3,(H,17,18)(H,19,20). The molecule has 0 saturated carbocycles. The van der Waals surface area contributed by atoms with Gasteiger partial charge in [0.15, 0.2) is 11.5 Å². The number of aromatic nitrogens is 2. The molecule has 1 aromatic carbocycles. The van der Waals surface area contributed by atoms with Gasteiger partial charge in [0.2, 0.25) is 5.91 Å². The molecule has 0 saturated heterocycles. The first-order valence-corrected chi connectivity index (χ1v) is 7.25. The summed E-state index contributed by atoms with van der Waals surface area (Å²) >= 11 is 0. The molecule has 1 aliphatic carbocycles. The largest absolute Gasteiger partial charge is 0.493 e. The number of hydrogen-bond donors (Lipinski definition) is 2. The van der Waals surface area contributed by atoms with Crippen LogP contribution in [-0.4, -0.2) is 30.1 Å². The topological polar surface area (TPSA) is 76.2 Å². The van der Waals surface area contributed by atoms with E-state index in [4.69, 9.17) is 9.47 Å². The number of carbonyl (C=O) groups excluding carboxylic acids is 1. The molecule has 6 nitrogen and oxygen atoms in total. The third-order valence-corrected chi connectivity index (χ3v) is 4.01. The van der Waals surface area contributed by atoms with Gasteiger partial charge in [-0.25, -0.2) is 4.98 Å². The van der Waals surface area contributed by atoms with Crippen LogP contribution < -0.4 is 14.8 Å². The van der Waals surface area contributed by atoms with Crippen LogP contribution in [0.1, 0.15) is 17.8 Å². The maximum Gasteiger partial charge on any atom is 0.227 e. The van der Waals surface area contributed by atoms with Gasteiger partial charge < -0.3 is 19.8 Å². The van der Waals surface area contributed by atoms with Gasteiger partial charge in [-0.05, 0) is 25.0 Å². The fourth-order valence-corrected chi connectivity index (χ4v) is 2.78. The molecular formula is C16H19N3O3. The third-order valence-electron chi connectivity index (χ3n) is 4.01. The molecule has 0 fully saturated rings. The van der Waals surface area contributed by atoms with E-state index in [1.165, 1.54) is 0 Å². The van der Waals surface area contributed by atoms with Crippen molar-refractivity contribution in [3.05, 3.63) is 35.9 Å². The van der Waals surface area contributed by atoms with E-state index < -0.39 is 0 Å². The zero-order valence-corrected chi connectivity index (χ0v) is 12.7. The van der Waals surface area contributed by atoms with Crippen molar-refractivity contribution in [2.24, 2.45) is 5.92 Å². The summed E-state index contributed by atoms with van der Waals surface area (Å²) < 4.78 is 10.4. The molecule has 22 heavy (non-hydrogen) atoms. The molecule has 1 aromatic heterocycles. The Balaban J connectivity index is 1.70. The lowest BCUT2D eigenvalue weighted by atomic mass is 9.89. The zero-order chi connectivity index (χ0) is 15.5. The minimum Gasteiger partial charge on any atom is -0.493 e. The number of benzene rings is 1. The Labute approximate surface area is 128 Å². The Morgan fingerprint density at radius 1 is 1.32 bits per heavy atom. The summed E-state index contributed by atoms with van der Waals surface area (Å²) in [7, 11) is 3.16. The second kappa shape index (κ2) is 6.09. The van der Waals surface area contributed by atoms with Gasteiger partial charge in [0.05, 0.1) is 26.2 Å². The number of fused-ring (bicyclic) bond motifs is 1. The molecule has 2 N–H and O–H groups in total. The molecule has 0 aliphatic heterocycles. The maximum atomic E-state index is 12.4. The monoisotopic (exact) mass is 301 g/mol. The van der Waals surface area contributed by atoms with Crippen molar-refractivity contribution < 1.29 is 14.3 Å². The molecule has 1 amide bonds. The van der Waals surface area contributed by atoms with Gasteiger partial charge in [0.25, 0.3) is 0 Å². The summed E-state index contributed by atoms with van der Waals surface area (Å²) in [5.41, 5.74) is 2.85. The number of nitrogens with one attached hydrogen (secondary N) is 2. The summed E-state index contributed by atoms with van der Waals surface area (Å²) in [4.78, 5) is 19.8. The highest BCUT2D eigenvalue weighted by atomic mass is 16.5. The van der Waals surface area contributed by atoms with Crippen molar-refractivity contribution in [1.82, 2.24) is 9.97 Å². The summed E-state index contributed by atoms with van der Waals surface area (Å²) in [5, 5.41) is 2.95. The van der Waals surface area contributed by atoms with Crippen LogP contribution in [0.15, 0.2) is 24.5 Å². The average molecular weight is 301 g/mol. The molecule has 6 heteroatoms. The number of hydrogen-bond acceptors (Lipinski definition) is 4. The minimum atomic E-state index is -0.0407. The van der Waals surface area contributed by atoms with Gasteiger partial charge in [-0.2, -0.15) is 0 Å². The molecule has 0 spiro atoms. The normalized spacial score (nSPS) is 16.7. The van der Waals surface area contributed by atoms with Crippen molar-refractivity contribution in [2.75, 3.05) is 19.5 Å². The van der Waals surface area contributed by atoms with Gasteiger partial charge in [-0.3, -0.25) is 4.79 Å². The average Bonchev–Trinajstić information content (AvgIpc) is 3.02.